The number of carbonyl (C=O) groups is 2. The van der Waals surface area contributed by atoms with Crippen LogP contribution in [0.5, 0.6) is 5.75 Å². The van der Waals surface area contributed by atoms with Crippen molar-refractivity contribution in [2.75, 3.05) is 11.1 Å². The Morgan fingerprint density at radius 3 is 2.38 bits per heavy atom. The molecule has 0 aliphatic rings. The minimum Gasteiger partial charge on any atom is -0.481 e. The van der Waals surface area contributed by atoms with Crippen LogP contribution in [0.25, 0.3) is 0 Å². The lowest BCUT2D eigenvalue weighted by Crippen LogP contribution is -2.11. The zero-order valence-electron chi connectivity index (χ0n) is 18.1. The molecule has 0 radical (unpaired) electrons. The average Bonchev–Trinajstić information content (AvgIpc) is 3.34. The van der Waals surface area contributed by atoms with Gasteiger partial charge < -0.3 is 14.5 Å². The van der Waals surface area contributed by atoms with Gasteiger partial charge in [-0.3, -0.25) is 9.59 Å². The number of ether oxygens (including phenoxy) is 1. The highest BCUT2D eigenvalue weighted by molar-refractivity contribution is 7.99. The van der Waals surface area contributed by atoms with Crippen LogP contribution in [0.4, 0.5) is 10.1 Å². The Balaban J connectivity index is 1.28. The lowest BCUT2D eigenvalue weighted by Gasteiger charge is -2.10. The summed E-state index contributed by atoms with van der Waals surface area (Å²) >= 11 is 1.12. The van der Waals surface area contributed by atoms with E-state index in [1.54, 1.807) is 55.5 Å². The number of carbonyl (C=O) groups excluding carboxylic acids is 2. The molecule has 1 amide bonds. The van der Waals surface area contributed by atoms with Gasteiger partial charge in [-0.2, -0.15) is 0 Å². The Bertz CT molecular complexity index is 1260. The molecule has 0 fully saturated rings. The molecule has 34 heavy (non-hydrogen) atoms. The summed E-state index contributed by atoms with van der Waals surface area (Å²) in [4.78, 5) is 24.8. The van der Waals surface area contributed by atoms with Crippen molar-refractivity contribution >= 4 is 29.1 Å². The van der Waals surface area contributed by atoms with Crippen molar-refractivity contribution in [1.29, 1.82) is 0 Å². The van der Waals surface area contributed by atoms with Gasteiger partial charge in [-0.15, -0.1) is 10.2 Å². The predicted octanol–water partition coefficient (Wildman–Crippen LogP) is 5.58. The van der Waals surface area contributed by atoms with E-state index >= 15 is 0 Å². The van der Waals surface area contributed by atoms with Gasteiger partial charge in [-0.05, 0) is 67.6 Å². The van der Waals surface area contributed by atoms with Gasteiger partial charge in [-0.1, -0.05) is 30.0 Å². The number of nitrogens with zero attached hydrogens (tertiary/aromatic N) is 2. The van der Waals surface area contributed by atoms with Crippen LogP contribution in [0.2, 0.25) is 0 Å². The second-order valence-electron chi connectivity index (χ2n) is 7.23. The average molecular weight is 478 g/mol. The third-order valence-electron chi connectivity index (χ3n) is 4.72. The van der Waals surface area contributed by atoms with Crippen molar-refractivity contribution in [3.05, 3.63) is 102 Å². The summed E-state index contributed by atoms with van der Waals surface area (Å²) in [6, 6.07) is 21.2. The van der Waals surface area contributed by atoms with E-state index in [2.05, 4.69) is 15.5 Å². The number of thioether (sulfide) groups is 1. The second kappa shape index (κ2) is 10.8. The van der Waals surface area contributed by atoms with Crippen LogP contribution in [0.1, 0.15) is 39.6 Å². The Morgan fingerprint density at radius 2 is 1.68 bits per heavy atom. The van der Waals surface area contributed by atoms with E-state index < -0.39 is 6.10 Å². The highest BCUT2D eigenvalue weighted by Crippen LogP contribution is 2.25. The summed E-state index contributed by atoms with van der Waals surface area (Å²) in [6.45, 7) is 1.73. The van der Waals surface area contributed by atoms with E-state index in [1.165, 1.54) is 24.3 Å². The fourth-order valence-electron chi connectivity index (χ4n) is 2.95. The smallest absolute Gasteiger partial charge is 0.277 e. The summed E-state index contributed by atoms with van der Waals surface area (Å²) in [5.74, 6) is 0.122. The molecule has 0 unspecified atom stereocenters. The Hall–Kier alpha value is -3.98. The number of aromatic nitrogens is 2. The van der Waals surface area contributed by atoms with E-state index in [-0.39, 0.29) is 34.4 Å². The molecule has 0 aliphatic carbocycles. The number of nitrogens with one attached hydrogen (secondary N) is 1. The van der Waals surface area contributed by atoms with E-state index in [0.29, 0.717) is 22.6 Å². The molecule has 0 bridgehead atoms. The minimum absolute atomic E-state index is 0.102. The number of amides is 1. The van der Waals surface area contributed by atoms with Gasteiger partial charge in [-0.25, -0.2) is 4.39 Å². The Labute approximate surface area is 199 Å². The molecular formula is C25H20FN3O4S. The molecule has 1 aromatic heterocycles. The highest BCUT2D eigenvalue weighted by atomic mass is 32.2. The fraction of sp³-hybridized carbons (Fsp3) is 0.120. The zero-order valence-corrected chi connectivity index (χ0v) is 18.9. The molecule has 1 atom stereocenters. The first-order valence-electron chi connectivity index (χ1n) is 10.4. The molecular weight excluding hydrogens is 457 g/mol. The van der Waals surface area contributed by atoms with Crippen LogP contribution in [0.15, 0.2) is 88.5 Å². The van der Waals surface area contributed by atoms with Gasteiger partial charge in [0, 0.05) is 16.8 Å². The molecule has 0 spiro atoms. The molecule has 172 valence electrons. The zero-order chi connectivity index (χ0) is 23.9. The lowest BCUT2D eigenvalue weighted by molar-refractivity contribution is 0.101. The highest BCUT2D eigenvalue weighted by Gasteiger charge is 2.17. The summed E-state index contributed by atoms with van der Waals surface area (Å²) in [5.41, 5.74) is 1.64. The molecule has 1 N–H and O–H groups in total. The molecule has 4 rings (SSSR count). The van der Waals surface area contributed by atoms with Gasteiger partial charge in [0.25, 0.3) is 17.0 Å². The molecule has 0 aliphatic heterocycles. The predicted molar refractivity (Wildman–Crippen MR) is 126 cm³/mol. The maximum atomic E-state index is 13.0. The van der Waals surface area contributed by atoms with Crippen LogP contribution >= 0.6 is 11.8 Å². The minimum atomic E-state index is -0.540. The number of hydrogen-bond acceptors (Lipinski definition) is 7. The lowest BCUT2D eigenvalue weighted by atomic mass is 10.1. The van der Waals surface area contributed by atoms with E-state index in [9.17, 15) is 14.0 Å². The van der Waals surface area contributed by atoms with Crippen LogP contribution in [0.3, 0.4) is 0 Å². The summed E-state index contributed by atoms with van der Waals surface area (Å²) < 4.78 is 24.2. The van der Waals surface area contributed by atoms with Crippen molar-refractivity contribution in [3.8, 4) is 5.75 Å². The van der Waals surface area contributed by atoms with E-state index in [4.69, 9.17) is 9.15 Å². The third-order valence-corrected chi connectivity index (χ3v) is 5.54. The van der Waals surface area contributed by atoms with Gasteiger partial charge in [0.2, 0.25) is 0 Å². The van der Waals surface area contributed by atoms with Crippen molar-refractivity contribution in [3.63, 3.8) is 0 Å². The van der Waals surface area contributed by atoms with Gasteiger partial charge in [0.05, 0.1) is 5.75 Å². The molecule has 1 heterocycles. The summed E-state index contributed by atoms with van der Waals surface area (Å²) in [6.07, 6.45) is -0.540. The first-order valence-corrected chi connectivity index (χ1v) is 11.3. The maximum Gasteiger partial charge on any atom is 0.277 e. The van der Waals surface area contributed by atoms with Gasteiger partial charge >= 0.3 is 0 Å². The quantitative estimate of drug-likeness (QED) is 0.249. The van der Waals surface area contributed by atoms with E-state index in [0.717, 1.165) is 11.8 Å². The summed E-state index contributed by atoms with van der Waals surface area (Å²) in [5, 5.41) is 10.9. The number of halogens is 1. The van der Waals surface area contributed by atoms with Crippen LogP contribution in [-0.2, 0) is 0 Å². The standard InChI is InChI=1S/C25H20FN3O4S/c1-16(32-21-13-9-19(26)10-14-21)24-28-29-25(33-24)34-15-22(30)17-7-11-20(12-8-17)27-23(31)18-5-3-2-4-6-18/h2-14,16H,15H2,1H3,(H,27,31)/t16-/m0/s1. The molecule has 3 aromatic carbocycles. The monoisotopic (exact) mass is 477 g/mol. The Morgan fingerprint density at radius 1 is 0.971 bits per heavy atom. The number of Topliss-reactive ketones (excluding diaryl/α,β-unsaturated/α-hetero) is 1. The molecule has 7 nitrogen and oxygen atoms in total. The number of anilines is 1. The van der Waals surface area contributed by atoms with Gasteiger partial charge in [0.15, 0.2) is 11.9 Å². The molecule has 4 aromatic rings. The van der Waals surface area contributed by atoms with Gasteiger partial charge in [0.1, 0.15) is 11.6 Å². The number of hydrogen-bond donors (Lipinski definition) is 1. The largest absolute Gasteiger partial charge is 0.481 e. The Kier molecular flexibility index (Phi) is 7.34. The van der Waals surface area contributed by atoms with Crippen LogP contribution in [0, 0.1) is 5.82 Å². The van der Waals surface area contributed by atoms with Crippen molar-refractivity contribution in [1.82, 2.24) is 10.2 Å². The van der Waals surface area contributed by atoms with Crippen molar-refractivity contribution in [2.45, 2.75) is 18.3 Å². The van der Waals surface area contributed by atoms with E-state index in [1.807, 2.05) is 6.07 Å². The topological polar surface area (TPSA) is 94.3 Å². The number of ketones is 1. The summed E-state index contributed by atoms with van der Waals surface area (Å²) in [7, 11) is 0. The first-order chi connectivity index (χ1) is 16.5. The third kappa shape index (κ3) is 6.08. The van der Waals surface area contributed by atoms with Crippen LogP contribution < -0.4 is 10.1 Å². The fourth-order valence-corrected chi connectivity index (χ4v) is 3.62. The molecule has 0 saturated heterocycles. The van der Waals surface area contributed by atoms with Crippen molar-refractivity contribution < 1.29 is 23.1 Å². The number of rotatable bonds is 9. The first kappa shape index (κ1) is 23.2. The molecule has 0 saturated carbocycles. The SMILES string of the molecule is C[C@H](Oc1ccc(F)cc1)c1nnc(SCC(=O)c2ccc(NC(=O)c3ccccc3)cc2)o1. The van der Waals surface area contributed by atoms with Crippen molar-refractivity contribution in [2.24, 2.45) is 0 Å². The number of benzene rings is 3. The second-order valence-corrected chi connectivity index (χ2v) is 8.16. The molecule has 9 heteroatoms. The van der Waals surface area contributed by atoms with Crippen LogP contribution in [-0.4, -0.2) is 27.6 Å². The normalized spacial score (nSPS) is 11.6. The maximum absolute atomic E-state index is 13.0.